The van der Waals surface area contributed by atoms with E-state index in [2.05, 4.69) is 5.32 Å². The van der Waals surface area contributed by atoms with E-state index in [0.29, 0.717) is 24.3 Å². The van der Waals surface area contributed by atoms with Crippen molar-refractivity contribution in [1.82, 2.24) is 5.32 Å². The second-order valence-electron chi connectivity index (χ2n) is 4.96. The minimum atomic E-state index is -0.274. The fourth-order valence-corrected chi connectivity index (χ4v) is 2.41. The fourth-order valence-electron chi connectivity index (χ4n) is 2.41. The average molecular weight is 290 g/mol. The van der Waals surface area contributed by atoms with Gasteiger partial charge in [0.2, 0.25) is 0 Å². The summed E-state index contributed by atoms with van der Waals surface area (Å²) in [6, 6.07) is 13.1. The lowest BCUT2D eigenvalue weighted by atomic mass is 10.1. The molecule has 21 heavy (non-hydrogen) atoms. The van der Waals surface area contributed by atoms with Gasteiger partial charge in [0.05, 0.1) is 11.7 Å². The average Bonchev–Trinajstić information content (AvgIpc) is 2.47. The maximum Gasteiger partial charge on any atom is 0.146 e. The lowest BCUT2D eigenvalue weighted by Gasteiger charge is -2.27. The van der Waals surface area contributed by atoms with Crippen LogP contribution in [0.2, 0.25) is 0 Å². The number of benzene rings is 2. The molecule has 0 aliphatic rings. The summed E-state index contributed by atoms with van der Waals surface area (Å²) in [5.41, 5.74) is 1.11. The van der Waals surface area contributed by atoms with Gasteiger partial charge < -0.3 is 10.2 Å². The van der Waals surface area contributed by atoms with Crippen LogP contribution in [0, 0.1) is 11.6 Å². The van der Waals surface area contributed by atoms with E-state index in [4.69, 9.17) is 0 Å². The molecule has 2 aromatic carbocycles. The Morgan fingerprint density at radius 1 is 1.00 bits per heavy atom. The summed E-state index contributed by atoms with van der Waals surface area (Å²) in [4.78, 5) is 1.80. The molecule has 4 heteroatoms. The third-order valence-corrected chi connectivity index (χ3v) is 3.45. The maximum absolute atomic E-state index is 14.0. The molecule has 0 radical (unpaired) electrons. The maximum atomic E-state index is 14.0. The van der Waals surface area contributed by atoms with Gasteiger partial charge in [-0.25, -0.2) is 8.78 Å². The summed E-state index contributed by atoms with van der Waals surface area (Å²) < 4.78 is 27.8. The van der Waals surface area contributed by atoms with Gasteiger partial charge in [-0.1, -0.05) is 37.3 Å². The molecule has 0 heterocycles. The third kappa shape index (κ3) is 3.79. The lowest BCUT2D eigenvalue weighted by molar-refractivity contribution is 0.508. The molecule has 0 saturated heterocycles. The molecule has 2 rings (SSSR count). The molecule has 2 nitrogen and oxygen atoms in total. The first kappa shape index (κ1) is 15.4. The van der Waals surface area contributed by atoms with Crippen LogP contribution in [0.4, 0.5) is 14.5 Å². The molecule has 0 amide bonds. The minimum Gasteiger partial charge on any atom is -0.370 e. The Morgan fingerprint density at radius 3 is 2.24 bits per heavy atom. The van der Waals surface area contributed by atoms with Crippen LogP contribution in [-0.2, 0) is 0 Å². The van der Waals surface area contributed by atoms with Gasteiger partial charge in [0, 0.05) is 19.2 Å². The first-order chi connectivity index (χ1) is 10.1. The normalized spacial score (nSPS) is 12.2. The van der Waals surface area contributed by atoms with Crippen molar-refractivity contribution in [3.05, 3.63) is 65.7 Å². The Bertz CT molecular complexity index is 587. The van der Waals surface area contributed by atoms with Crippen molar-refractivity contribution in [3.63, 3.8) is 0 Å². The quantitative estimate of drug-likeness (QED) is 0.871. The SMILES string of the molecule is CCNC(CN(C)c1ccccc1F)c1ccccc1F. The number of hydrogen-bond donors (Lipinski definition) is 1. The monoisotopic (exact) mass is 290 g/mol. The van der Waals surface area contributed by atoms with Crippen molar-refractivity contribution in [1.29, 1.82) is 0 Å². The highest BCUT2D eigenvalue weighted by Gasteiger charge is 2.18. The molecule has 0 spiro atoms. The van der Waals surface area contributed by atoms with E-state index in [0.717, 1.165) is 0 Å². The van der Waals surface area contributed by atoms with E-state index in [1.807, 2.05) is 20.0 Å². The Labute approximate surface area is 124 Å². The van der Waals surface area contributed by atoms with E-state index in [1.165, 1.54) is 12.1 Å². The van der Waals surface area contributed by atoms with Crippen molar-refractivity contribution in [2.24, 2.45) is 0 Å². The second-order valence-corrected chi connectivity index (χ2v) is 4.96. The molecule has 1 unspecified atom stereocenters. The van der Waals surface area contributed by atoms with E-state index in [9.17, 15) is 8.78 Å². The highest BCUT2D eigenvalue weighted by atomic mass is 19.1. The number of likely N-dealkylation sites (N-methyl/N-ethyl adjacent to an activating group) is 2. The van der Waals surface area contributed by atoms with Crippen LogP contribution >= 0.6 is 0 Å². The Hall–Kier alpha value is -1.94. The molecule has 0 aromatic heterocycles. The number of nitrogens with one attached hydrogen (secondary N) is 1. The summed E-state index contributed by atoms with van der Waals surface area (Å²) in [5, 5.41) is 3.26. The third-order valence-electron chi connectivity index (χ3n) is 3.45. The number of rotatable bonds is 6. The van der Waals surface area contributed by atoms with E-state index >= 15 is 0 Å². The van der Waals surface area contributed by atoms with Gasteiger partial charge in [0.25, 0.3) is 0 Å². The van der Waals surface area contributed by atoms with Gasteiger partial charge in [-0.2, -0.15) is 0 Å². The van der Waals surface area contributed by atoms with Crippen LogP contribution in [0.1, 0.15) is 18.5 Å². The largest absolute Gasteiger partial charge is 0.370 e. The summed E-state index contributed by atoms with van der Waals surface area (Å²) in [5.74, 6) is -0.519. The van der Waals surface area contributed by atoms with E-state index in [-0.39, 0.29) is 17.7 Å². The zero-order valence-electron chi connectivity index (χ0n) is 12.3. The van der Waals surface area contributed by atoms with Crippen molar-refractivity contribution in [3.8, 4) is 0 Å². The molecule has 0 aliphatic heterocycles. The van der Waals surface area contributed by atoms with E-state index in [1.54, 1.807) is 35.2 Å². The predicted octanol–water partition coefficient (Wildman–Crippen LogP) is 3.75. The van der Waals surface area contributed by atoms with Crippen molar-refractivity contribution in [2.45, 2.75) is 13.0 Å². The Kier molecular flexibility index (Phi) is 5.28. The standard InChI is InChI=1S/C17H20F2N2/c1-3-20-16(13-8-4-5-9-14(13)18)12-21(2)17-11-7-6-10-15(17)19/h4-11,16,20H,3,12H2,1-2H3. The number of hydrogen-bond acceptors (Lipinski definition) is 2. The minimum absolute atomic E-state index is 0.194. The van der Waals surface area contributed by atoms with Gasteiger partial charge in [0.15, 0.2) is 0 Å². The molecule has 2 aromatic rings. The van der Waals surface area contributed by atoms with Crippen molar-refractivity contribution < 1.29 is 8.78 Å². The first-order valence-corrected chi connectivity index (χ1v) is 7.07. The zero-order valence-corrected chi connectivity index (χ0v) is 12.3. The van der Waals surface area contributed by atoms with E-state index < -0.39 is 0 Å². The zero-order chi connectivity index (χ0) is 15.2. The smallest absolute Gasteiger partial charge is 0.146 e. The van der Waals surface area contributed by atoms with Crippen molar-refractivity contribution >= 4 is 5.69 Å². The van der Waals surface area contributed by atoms with Crippen LogP contribution < -0.4 is 10.2 Å². The summed E-state index contributed by atoms with van der Waals surface area (Å²) in [6.45, 7) is 3.16. The van der Waals surface area contributed by atoms with Gasteiger partial charge in [0.1, 0.15) is 11.6 Å². The number of para-hydroxylation sites is 1. The van der Waals surface area contributed by atoms with Crippen LogP contribution in [-0.4, -0.2) is 20.1 Å². The summed E-state index contributed by atoms with van der Waals surface area (Å²) >= 11 is 0. The molecule has 0 saturated carbocycles. The van der Waals surface area contributed by atoms with Crippen LogP contribution in [0.15, 0.2) is 48.5 Å². The second kappa shape index (κ2) is 7.18. The molecule has 0 fully saturated rings. The first-order valence-electron chi connectivity index (χ1n) is 7.07. The van der Waals surface area contributed by atoms with Crippen LogP contribution in [0.5, 0.6) is 0 Å². The predicted molar refractivity (Wildman–Crippen MR) is 82.5 cm³/mol. The van der Waals surface area contributed by atoms with Gasteiger partial charge >= 0.3 is 0 Å². The molecule has 0 bridgehead atoms. The molecular formula is C17H20F2N2. The number of nitrogens with zero attached hydrogens (tertiary/aromatic N) is 1. The lowest BCUT2D eigenvalue weighted by Crippen LogP contribution is -2.34. The van der Waals surface area contributed by atoms with Crippen LogP contribution in [0.25, 0.3) is 0 Å². The highest BCUT2D eigenvalue weighted by Crippen LogP contribution is 2.22. The topological polar surface area (TPSA) is 15.3 Å². The van der Waals surface area contributed by atoms with Gasteiger partial charge in [-0.15, -0.1) is 0 Å². The van der Waals surface area contributed by atoms with Crippen molar-refractivity contribution in [2.75, 3.05) is 25.0 Å². The molecular weight excluding hydrogens is 270 g/mol. The fraction of sp³-hybridized carbons (Fsp3) is 0.294. The molecule has 112 valence electrons. The Balaban J connectivity index is 2.21. The molecule has 0 aliphatic carbocycles. The Morgan fingerprint density at radius 2 is 1.62 bits per heavy atom. The van der Waals surface area contributed by atoms with Gasteiger partial charge in [-0.05, 0) is 24.7 Å². The molecule has 1 atom stereocenters. The number of halogens is 2. The number of anilines is 1. The molecule has 1 N–H and O–H groups in total. The van der Waals surface area contributed by atoms with Crippen LogP contribution in [0.3, 0.4) is 0 Å². The summed E-state index contributed by atoms with van der Waals surface area (Å²) in [6.07, 6.45) is 0. The highest BCUT2D eigenvalue weighted by molar-refractivity contribution is 5.47. The summed E-state index contributed by atoms with van der Waals surface area (Å²) in [7, 11) is 1.81. The van der Waals surface area contributed by atoms with Gasteiger partial charge in [-0.3, -0.25) is 0 Å².